The number of carboxylic acid groups (broad SMARTS) is 1. The van der Waals surface area contributed by atoms with Crippen LogP contribution in [0.15, 0.2) is 60.8 Å². The predicted molar refractivity (Wildman–Crippen MR) is 254 cm³/mol. The van der Waals surface area contributed by atoms with Crippen molar-refractivity contribution < 1.29 is 47.5 Å². The molecule has 3 atom stereocenters. The fourth-order valence-corrected chi connectivity index (χ4v) is 7.18. The van der Waals surface area contributed by atoms with Crippen LogP contribution >= 0.6 is 7.82 Å². The lowest BCUT2D eigenvalue weighted by molar-refractivity contribution is -0.161. The first-order valence-electron chi connectivity index (χ1n) is 24.3. The molecule has 4 N–H and O–H groups in total. The fourth-order valence-electron chi connectivity index (χ4n) is 6.41. The summed E-state index contributed by atoms with van der Waals surface area (Å²) >= 11 is 0. The van der Waals surface area contributed by atoms with Crippen LogP contribution < -0.4 is 5.73 Å². The van der Waals surface area contributed by atoms with Crippen LogP contribution in [0.4, 0.5) is 0 Å². The van der Waals surface area contributed by atoms with E-state index in [-0.39, 0.29) is 19.4 Å². The van der Waals surface area contributed by atoms with Crippen molar-refractivity contribution in [2.24, 2.45) is 5.73 Å². The Morgan fingerprint density at radius 3 is 1.37 bits per heavy atom. The topological polar surface area (TPSA) is 172 Å². The molecular weight excluding hydrogens is 806 g/mol. The first kappa shape index (κ1) is 59.2. The number of nitrogens with two attached hydrogens (primary N) is 1. The summed E-state index contributed by atoms with van der Waals surface area (Å²) in [6.45, 7) is 2.73. The fraction of sp³-hybridized carbons (Fsp3) is 0.740. The lowest BCUT2D eigenvalue weighted by Crippen LogP contribution is -2.34. The molecule has 0 aliphatic carbocycles. The van der Waals surface area contributed by atoms with Gasteiger partial charge in [-0.05, 0) is 77.0 Å². The first-order chi connectivity index (χ1) is 30.1. The zero-order valence-electron chi connectivity index (χ0n) is 38.9. The van der Waals surface area contributed by atoms with Crippen LogP contribution in [-0.4, -0.2) is 59.9 Å². The van der Waals surface area contributed by atoms with Gasteiger partial charge in [0, 0.05) is 12.8 Å². The zero-order chi connectivity index (χ0) is 45.6. The number of phosphoric acid groups is 1. The molecule has 0 radical (unpaired) electrons. The number of carbonyl (C=O) groups excluding carboxylic acids is 2. The molecule has 12 heteroatoms. The van der Waals surface area contributed by atoms with Gasteiger partial charge in [-0.25, -0.2) is 4.57 Å². The van der Waals surface area contributed by atoms with E-state index in [0.717, 1.165) is 44.9 Å². The van der Waals surface area contributed by atoms with Crippen molar-refractivity contribution in [3.05, 3.63) is 60.8 Å². The summed E-state index contributed by atoms with van der Waals surface area (Å²) < 4.78 is 32.7. The summed E-state index contributed by atoms with van der Waals surface area (Å²) in [5, 5.41) is 8.91. The normalized spacial score (nSPS) is 14.1. The molecule has 0 rings (SSSR count). The van der Waals surface area contributed by atoms with E-state index in [2.05, 4.69) is 73.1 Å². The second-order valence-corrected chi connectivity index (χ2v) is 17.7. The van der Waals surface area contributed by atoms with Gasteiger partial charge in [0.2, 0.25) is 0 Å². The molecule has 0 fully saturated rings. The van der Waals surface area contributed by atoms with Crippen molar-refractivity contribution in [2.45, 2.75) is 219 Å². The van der Waals surface area contributed by atoms with Crippen molar-refractivity contribution in [1.29, 1.82) is 0 Å². The molecule has 0 saturated carbocycles. The first-order valence-corrected chi connectivity index (χ1v) is 25.8. The molecule has 0 heterocycles. The largest absolute Gasteiger partial charge is 0.480 e. The molecule has 0 saturated heterocycles. The van der Waals surface area contributed by atoms with Gasteiger partial charge in [-0.1, -0.05) is 177 Å². The quantitative estimate of drug-likeness (QED) is 0.0230. The number of carbonyl (C=O) groups is 3. The predicted octanol–water partition coefficient (Wildman–Crippen LogP) is 13.5. The van der Waals surface area contributed by atoms with E-state index in [4.69, 9.17) is 24.8 Å². The number of hydrogen-bond acceptors (Lipinski definition) is 9. The Kier molecular flexibility index (Phi) is 42.7. The molecule has 0 aliphatic heterocycles. The van der Waals surface area contributed by atoms with Crippen molar-refractivity contribution in [3.63, 3.8) is 0 Å². The lowest BCUT2D eigenvalue weighted by atomic mass is 10.0. The van der Waals surface area contributed by atoms with E-state index in [1.54, 1.807) is 0 Å². The SMILES string of the molecule is CCCCC/C=C/C/C=C/C/C=C/C/C=C/CCCC(=O)OC[C@H](COP(=O)(O)OC[C@H](N)C(=O)O)OC(=O)CCCCCCCCCCCCC/C=C/CCCCCCCC. The van der Waals surface area contributed by atoms with Crippen LogP contribution in [0, 0.1) is 0 Å². The van der Waals surface area contributed by atoms with Crippen molar-refractivity contribution in [2.75, 3.05) is 19.8 Å². The maximum Gasteiger partial charge on any atom is 0.472 e. The average molecular weight is 894 g/mol. The second kappa shape index (κ2) is 44.8. The highest BCUT2D eigenvalue weighted by Gasteiger charge is 2.28. The van der Waals surface area contributed by atoms with E-state index in [0.29, 0.717) is 19.3 Å². The monoisotopic (exact) mass is 894 g/mol. The number of ether oxygens (including phenoxy) is 2. The Morgan fingerprint density at radius 1 is 0.500 bits per heavy atom. The van der Waals surface area contributed by atoms with Gasteiger partial charge < -0.3 is 25.2 Å². The highest BCUT2D eigenvalue weighted by atomic mass is 31.2. The van der Waals surface area contributed by atoms with Crippen LogP contribution in [-0.2, 0) is 37.5 Å². The Hall–Kier alpha value is -2.82. The molecule has 358 valence electrons. The molecule has 0 amide bonds. The number of aliphatic carboxylic acids is 1. The van der Waals surface area contributed by atoms with Crippen LogP contribution in [0.2, 0.25) is 0 Å². The molecule has 62 heavy (non-hydrogen) atoms. The molecule has 0 aliphatic rings. The molecule has 1 unspecified atom stereocenters. The average Bonchev–Trinajstić information content (AvgIpc) is 3.25. The number of unbranched alkanes of at least 4 members (excludes halogenated alkanes) is 21. The maximum atomic E-state index is 12.7. The van der Waals surface area contributed by atoms with Gasteiger partial charge in [-0.2, -0.15) is 0 Å². The smallest absolute Gasteiger partial charge is 0.472 e. The van der Waals surface area contributed by atoms with E-state index in [1.165, 1.54) is 116 Å². The summed E-state index contributed by atoms with van der Waals surface area (Å²) in [6, 6.07) is -1.53. The third-order valence-electron chi connectivity index (χ3n) is 10.2. The Labute approximate surface area is 377 Å². The van der Waals surface area contributed by atoms with Crippen molar-refractivity contribution in [3.8, 4) is 0 Å². The third kappa shape index (κ3) is 43.8. The number of hydrogen-bond donors (Lipinski definition) is 3. The summed E-state index contributed by atoms with van der Waals surface area (Å²) in [7, 11) is -4.73. The number of phosphoric ester groups is 1. The lowest BCUT2D eigenvalue weighted by Gasteiger charge is -2.20. The maximum absolute atomic E-state index is 12.7. The Bertz CT molecular complexity index is 1280. The summed E-state index contributed by atoms with van der Waals surface area (Å²) in [4.78, 5) is 46.1. The van der Waals surface area contributed by atoms with E-state index >= 15 is 0 Å². The van der Waals surface area contributed by atoms with Gasteiger partial charge in [0.25, 0.3) is 0 Å². The van der Waals surface area contributed by atoms with Gasteiger partial charge in [-0.3, -0.25) is 23.4 Å². The molecule has 0 bridgehead atoms. The van der Waals surface area contributed by atoms with Crippen molar-refractivity contribution in [1.82, 2.24) is 0 Å². The van der Waals surface area contributed by atoms with E-state index in [1.807, 2.05) is 6.08 Å². The minimum absolute atomic E-state index is 0.144. The van der Waals surface area contributed by atoms with Crippen LogP contribution in [0.1, 0.15) is 206 Å². The minimum atomic E-state index is -4.73. The molecule has 0 aromatic rings. The molecule has 0 spiro atoms. The van der Waals surface area contributed by atoms with Gasteiger partial charge in [0.05, 0.1) is 13.2 Å². The van der Waals surface area contributed by atoms with E-state index in [9.17, 15) is 23.8 Å². The number of carboxylic acids is 1. The highest BCUT2D eigenvalue weighted by molar-refractivity contribution is 7.47. The summed E-state index contributed by atoms with van der Waals surface area (Å²) in [5.74, 6) is -2.45. The van der Waals surface area contributed by atoms with Crippen LogP contribution in [0.5, 0.6) is 0 Å². The molecule has 11 nitrogen and oxygen atoms in total. The Balaban J connectivity index is 4.35. The van der Waals surface area contributed by atoms with Gasteiger partial charge in [0.1, 0.15) is 12.6 Å². The summed E-state index contributed by atoms with van der Waals surface area (Å²) in [5.41, 5.74) is 5.34. The number of esters is 2. The zero-order valence-corrected chi connectivity index (χ0v) is 39.8. The number of allylic oxidation sites excluding steroid dienone is 10. The molecule has 0 aromatic heterocycles. The number of rotatable bonds is 45. The summed E-state index contributed by atoms with van der Waals surface area (Å²) in [6.07, 6.45) is 52.9. The van der Waals surface area contributed by atoms with Crippen LogP contribution in [0.3, 0.4) is 0 Å². The minimum Gasteiger partial charge on any atom is -0.480 e. The third-order valence-corrected chi connectivity index (χ3v) is 11.2. The Morgan fingerprint density at radius 2 is 0.871 bits per heavy atom. The molecular formula is C50H88NO10P. The second-order valence-electron chi connectivity index (χ2n) is 16.2. The van der Waals surface area contributed by atoms with Gasteiger partial charge in [-0.15, -0.1) is 0 Å². The molecule has 0 aromatic carbocycles. The standard InChI is InChI=1S/C50H88NO10P/c1-3-5-7-9-11-13-15-17-19-21-22-23-24-26-28-30-32-34-36-38-40-42-49(53)61-46(44-59-62(56,57)60-45-47(51)50(54)55)43-58-48(52)41-39-37-35-33-31-29-27-25-20-18-16-14-12-10-8-6-4-2/h12,14,17-20,27,29,33,35,46-47H,3-11,13,15-16,21-26,28,30-32,34,36-45,51H2,1-2H3,(H,54,55)(H,56,57)/b14-12+,19-17+,20-18+,29-27+,35-33+/t46-,47+/m1/s1. The highest BCUT2D eigenvalue weighted by Crippen LogP contribution is 2.43. The van der Waals surface area contributed by atoms with Gasteiger partial charge in [0.15, 0.2) is 6.10 Å². The van der Waals surface area contributed by atoms with Crippen LogP contribution in [0.25, 0.3) is 0 Å². The van der Waals surface area contributed by atoms with Crippen molar-refractivity contribution >= 4 is 25.7 Å². The van der Waals surface area contributed by atoms with Gasteiger partial charge >= 0.3 is 25.7 Å². The van der Waals surface area contributed by atoms with E-state index < -0.39 is 51.1 Å².